The van der Waals surface area contributed by atoms with Crippen LogP contribution in [0.2, 0.25) is 5.15 Å². The second kappa shape index (κ2) is 5.38. The first-order valence-electron chi connectivity index (χ1n) is 6.87. The van der Waals surface area contributed by atoms with Gasteiger partial charge in [0.25, 0.3) is 0 Å². The standard InChI is InChI=1S/C15H11ClN4O2/c16-12-7-13(19-14(18-12)9-4-5-9)22-11-3-1-2-10(6-11)15-20-17-8-21-15/h1-3,6-9H,4-5H2. The monoisotopic (exact) mass is 314 g/mol. The molecule has 1 saturated carbocycles. The molecule has 0 saturated heterocycles. The summed E-state index contributed by atoms with van der Waals surface area (Å²) in [4.78, 5) is 8.65. The molecular formula is C15H11ClN4O2. The van der Waals surface area contributed by atoms with Gasteiger partial charge in [-0.15, -0.1) is 10.2 Å². The summed E-state index contributed by atoms with van der Waals surface area (Å²) in [5.74, 6) is 2.64. The molecule has 0 bridgehead atoms. The van der Waals surface area contributed by atoms with E-state index in [0.29, 0.717) is 28.6 Å². The number of nitrogens with zero attached hydrogens (tertiary/aromatic N) is 4. The molecule has 0 atom stereocenters. The summed E-state index contributed by atoms with van der Waals surface area (Å²) in [6.45, 7) is 0. The average Bonchev–Trinajstić information content (AvgIpc) is 3.22. The van der Waals surface area contributed by atoms with Gasteiger partial charge in [-0.3, -0.25) is 0 Å². The van der Waals surface area contributed by atoms with E-state index in [1.165, 1.54) is 6.39 Å². The predicted octanol–water partition coefficient (Wildman–Crippen LogP) is 3.85. The first-order chi connectivity index (χ1) is 10.8. The quantitative estimate of drug-likeness (QED) is 0.681. The molecule has 1 fully saturated rings. The normalized spacial score (nSPS) is 14.0. The molecular weight excluding hydrogens is 304 g/mol. The van der Waals surface area contributed by atoms with Gasteiger partial charge < -0.3 is 9.15 Å². The number of hydrogen-bond donors (Lipinski definition) is 0. The fourth-order valence-electron chi connectivity index (χ4n) is 2.10. The van der Waals surface area contributed by atoms with Crippen molar-refractivity contribution in [1.29, 1.82) is 0 Å². The zero-order valence-corrected chi connectivity index (χ0v) is 12.2. The van der Waals surface area contributed by atoms with Crippen LogP contribution in [0.1, 0.15) is 24.6 Å². The Morgan fingerprint density at radius 1 is 1.18 bits per heavy atom. The van der Waals surface area contributed by atoms with Crippen molar-refractivity contribution in [3.63, 3.8) is 0 Å². The van der Waals surface area contributed by atoms with E-state index in [1.807, 2.05) is 18.2 Å². The minimum absolute atomic E-state index is 0.389. The first-order valence-corrected chi connectivity index (χ1v) is 7.25. The summed E-state index contributed by atoms with van der Waals surface area (Å²) in [5, 5.41) is 7.93. The van der Waals surface area contributed by atoms with Gasteiger partial charge in [-0.05, 0) is 31.0 Å². The Morgan fingerprint density at radius 3 is 2.86 bits per heavy atom. The zero-order chi connectivity index (χ0) is 14.9. The van der Waals surface area contributed by atoms with Gasteiger partial charge in [-0.25, -0.2) is 4.98 Å². The Morgan fingerprint density at radius 2 is 2.09 bits per heavy atom. The third-order valence-corrected chi connectivity index (χ3v) is 3.49. The van der Waals surface area contributed by atoms with Crippen LogP contribution in [0.5, 0.6) is 11.6 Å². The zero-order valence-electron chi connectivity index (χ0n) is 11.4. The summed E-state index contributed by atoms with van der Waals surface area (Å²) in [6, 6.07) is 8.95. The minimum atomic E-state index is 0.389. The summed E-state index contributed by atoms with van der Waals surface area (Å²) < 4.78 is 11.0. The van der Waals surface area contributed by atoms with Gasteiger partial charge in [-0.2, -0.15) is 4.98 Å². The molecule has 2 heterocycles. The van der Waals surface area contributed by atoms with Gasteiger partial charge in [0.15, 0.2) is 0 Å². The maximum Gasteiger partial charge on any atom is 0.247 e. The lowest BCUT2D eigenvalue weighted by molar-refractivity contribution is 0.458. The number of benzene rings is 1. The molecule has 22 heavy (non-hydrogen) atoms. The van der Waals surface area contributed by atoms with E-state index in [1.54, 1.807) is 12.1 Å². The first kappa shape index (κ1) is 13.2. The molecule has 0 radical (unpaired) electrons. The molecule has 110 valence electrons. The van der Waals surface area contributed by atoms with Gasteiger partial charge in [0.05, 0.1) is 0 Å². The van der Waals surface area contributed by atoms with Crippen LogP contribution in [0.15, 0.2) is 41.1 Å². The number of ether oxygens (including phenoxy) is 1. The topological polar surface area (TPSA) is 73.9 Å². The third kappa shape index (κ3) is 2.78. The molecule has 2 aromatic heterocycles. The third-order valence-electron chi connectivity index (χ3n) is 3.29. The van der Waals surface area contributed by atoms with E-state index >= 15 is 0 Å². The van der Waals surface area contributed by atoms with E-state index in [9.17, 15) is 0 Å². The molecule has 0 aliphatic heterocycles. The maximum atomic E-state index is 6.04. The van der Waals surface area contributed by atoms with Crippen LogP contribution in [0.25, 0.3) is 11.5 Å². The van der Waals surface area contributed by atoms with Crippen molar-refractivity contribution in [2.75, 3.05) is 0 Å². The number of aromatic nitrogens is 4. The Hall–Kier alpha value is -2.47. The van der Waals surface area contributed by atoms with Crippen molar-refractivity contribution in [3.8, 4) is 23.1 Å². The highest BCUT2D eigenvalue weighted by molar-refractivity contribution is 6.29. The molecule has 0 N–H and O–H groups in total. The van der Waals surface area contributed by atoms with E-state index in [0.717, 1.165) is 24.2 Å². The molecule has 0 spiro atoms. The summed E-state index contributed by atoms with van der Waals surface area (Å²) in [6.07, 6.45) is 3.49. The number of rotatable bonds is 4. The van der Waals surface area contributed by atoms with Crippen LogP contribution >= 0.6 is 11.6 Å². The predicted molar refractivity (Wildman–Crippen MR) is 78.8 cm³/mol. The van der Waals surface area contributed by atoms with Crippen LogP contribution in [0.4, 0.5) is 0 Å². The Labute approximate surface area is 131 Å². The van der Waals surface area contributed by atoms with Gasteiger partial charge in [0.1, 0.15) is 16.7 Å². The highest BCUT2D eigenvalue weighted by Crippen LogP contribution is 2.39. The van der Waals surface area contributed by atoms with Crippen molar-refractivity contribution in [1.82, 2.24) is 20.2 Å². The highest BCUT2D eigenvalue weighted by atomic mass is 35.5. The lowest BCUT2D eigenvalue weighted by atomic mass is 10.2. The smallest absolute Gasteiger partial charge is 0.247 e. The SMILES string of the molecule is Clc1cc(Oc2cccc(-c3nnco3)c2)nc(C2CC2)n1. The molecule has 7 heteroatoms. The molecule has 1 aromatic carbocycles. The van der Waals surface area contributed by atoms with Crippen LogP contribution in [-0.4, -0.2) is 20.2 Å². The molecule has 3 aromatic rings. The van der Waals surface area contributed by atoms with E-state index in [-0.39, 0.29) is 0 Å². The van der Waals surface area contributed by atoms with Gasteiger partial charge in [0.2, 0.25) is 18.2 Å². The molecule has 4 rings (SSSR count). The molecule has 6 nitrogen and oxygen atoms in total. The van der Waals surface area contributed by atoms with E-state index in [2.05, 4.69) is 20.2 Å². The summed E-state index contributed by atoms with van der Waals surface area (Å²) in [7, 11) is 0. The van der Waals surface area contributed by atoms with Crippen molar-refractivity contribution >= 4 is 11.6 Å². The Kier molecular flexibility index (Phi) is 3.23. The maximum absolute atomic E-state index is 6.04. The van der Waals surface area contributed by atoms with E-state index < -0.39 is 0 Å². The molecule has 1 aliphatic rings. The number of hydrogen-bond acceptors (Lipinski definition) is 6. The second-order valence-corrected chi connectivity index (χ2v) is 5.42. The van der Waals surface area contributed by atoms with Gasteiger partial charge in [0, 0.05) is 17.5 Å². The van der Waals surface area contributed by atoms with Crippen LogP contribution in [-0.2, 0) is 0 Å². The molecule has 1 aliphatic carbocycles. The lowest BCUT2D eigenvalue weighted by Gasteiger charge is -2.07. The molecule has 0 amide bonds. The fraction of sp³-hybridized carbons (Fsp3) is 0.200. The van der Waals surface area contributed by atoms with Crippen molar-refractivity contribution in [3.05, 3.63) is 47.7 Å². The Bertz CT molecular complexity index is 803. The Balaban J connectivity index is 1.62. The van der Waals surface area contributed by atoms with E-state index in [4.69, 9.17) is 20.8 Å². The summed E-state index contributed by atoms with van der Waals surface area (Å²) in [5.41, 5.74) is 0.776. The summed E-state index contributed by atoms with van der Waals surface area (Å²) >= 11 is 6.04. The number of halogens is 1. The van der Waals surface area contributed by atoms with Gasteiger partial charge >= 0.3 is 0 Å². The van der Waals surface area contributed by atoms with Crippen LogP contribution in [0, 0.1) is 0 Å². The fourth-order valence-corrected chi connectivity index (χ4v) is 2.28. The average molecular weight is 315 g/mol. The van der Waals surface area contributed by atoms with Crippen LogP contribution in [0.3, 0.4) is 0 Å². The van der Waals surface area contributed by atoms with Crippen LogP contribution < -0.4 is 4.74 Å². The van der Waals surface area contributed by atoms with Crippen molar-refractivity contribution in [2.24, 2.45) is 0 Å². The largest absolute Gasteiger partial charge is 0.439 e. The second-order valence-electron chi connectivity index (χ2n) is 5.04. The highest BCUT2D eigenvalue weighted by Gasteiger charge is 2.27. The minimum Gasteiger partial charge on any atom is -0.439 e. The lowest BCUT2D eigenvalue weighted by Crippen LogP contribution is -1.96. The molecule has 0 unspecified atom stereocenters. The van der Waals surface area contributed by atoms with Crippen molar-refractivity contribution in [2.45, 2.75) is 18.8 Å². The van der Waals surface area contributed by atoms with Gasteiger partial charge in [-0.1, -0.05) is 17.7 Å². The van der Waals surface area contributed by atoms with Crippen molar-refractivity contribution < 1.29 is 9.15 Å².